The lowest BCUT2D eigenvalue weighted by Crippen LogP contribution is -2.54. The summed E-state index contributed by atoms with van der Waals surface area (Å²) < 4.78 is 0. The van der Waals surface area contributed by atoms with Gasteiger partial charge in [-0.3, -0.25) is 9.59 Å². The minimum atomic E-state index is -1.17. The average molecular weight is 401 g/mol. The summed E-state index contributed by atoms with van der Waals surface area (Å²) in [6, 6.07) is 0. The van der Waals surface area contributed by atoms with Crippen LogP contribution in [0.5, 0.6) is 0 Å². The van der Waals surface area contributed by atoms with Gasteiger partial charge in [0.2, 0.25) is 0 Å². The van der Waals surface area contributed by atoms with Crippen LogP contribution in [-0.4, -0.2) is 22.3 Å². The first-order valence-electron chi connectivity index (χ1n) is 9.40. The number of carbonyl (C=O) groups is 2. The van der Waals surface area contributed by atoms with Crippen LogP contribution in [0.15, 0.2) is 23.3 Å². The number of allylic oxidation sites excluding steroid dienone is 4. The topological polar surface area (TPSA) is 54.4 Å². The zero-order valence-corrected chi connectivity index (χ0v) is 17.5. The maximum atomic E-state index is 12.2. The summed E-state index contributed by atoms with van der Waals surface area (Å²) in [6.45, 7) is 5.97. The SMILES string of the molecule is CC(=O)[C@@]1(O)CC[C@H]2[C@@H]3CCC4=CC(=O)CC[C@]4(C)C3=CC[C@@]21C.Cl.Cl. The molecule has 0 bridgehead atoms. The Labute approximate surface area is 168 Å². The van der Waals surface area contributed by atoms with E-state index in [4.69, 9.17) is 0 Å². The summed E-state index contributed by atoms with van der Waals surface area (Å²) in [6.07, 6.45) is 10.1. The van der Waals surface area contributed by atoms with Crippen molar-refractivity contribution < 1.29 is 14.7 Å². The zero-order valence-electron chi connectivity index (χ0n) is 15.8. The molecule has 0 spiro atoms. The maximum absolute atomic E-state index is 12.2. The summed E-state index contributed by atoms with van der Waals surface area (Å²) in [4.78, 5) is 24.0. The van der Waals surface area contributed by atoms with E-state index >= 15 is 0 Å². The molecule has 0 saturated heterocycles. The monoisotopic (exact) mass is 400 g/mol. The van der Waals surface area contributed by atoms with Crippen molar-refractivity contribution in [1.82, 2.24) is 0 Å². The first-order chi connectivity index (χ1) is 11.2. The number of carbonyl (C=O) groups excluding carboxylic acids is 2. The van der Waals surface area contributed by atoms with Crippen LogP contribution in [0.1, 0.15) is 65.7 Å². The van der Waals surface area contributed by atoms with Crippen molar-refractivity contribution in [2.75, 3.05) is 0 Å². The highest BCUT2D eigenvalue weighted by atomic mass is 35.5. The number of fused-ring (bicyclic) bond motifs is 5. The third-order valence-corrected chi connectivity index (χ3v) is 8.07. The molecule has 26 heavy (non-hydrogen) atoms. The van der Waals surface area contributed by atoms with E-state index in [1.807, 2.05) is 6.08 Å². The fourth-order valence-corrected chi connectivity index (χ4v) is 6.45. The molecular weight excluding hydrogens is 371 g/mol. The highest BCUT2D eigenvalue weighted by molar-refractivity contribution is 5.92. The van der Waals surface area contributed by atoms with Crippen molar-refractivity contribution in [3.05, 3.63) is 23.3 Å². The van der Waals surface area contributed by atoms with Crippen molar-refractivity contribution in [1.29, 1.82) is 0 Å². The second kappa shape index (κ2) is 6.76. The van der Waals surface area contributed by atoms with Crippen LogP contribution in [0.25, 0.3) is 0 Å². The predicted molar refractivity (Wildman–Crippen MR) is 107 cm³/mol. The van der Waals surface area contributed by atoms with E-state index in [-0.39, 0.29) is 47.2 Å². The van der Waals surface area contributed by atoms with Crippen molar-refractivity contribution in [2.45, 2.75) is 71.3 Å². The van der Waals surface area contributed by atoms with Gasteiger partial charge in [0.1, 0.15) is 5.60 Å². The third kappa shape index (κ3) is 2.57. The predicted octanol–water partition coefficient (Wildman–Crippen LogP) is 4.60. The molecular formula is C21H30Cl2O3. The number of hydrogen-bond acceptors (Lipinski definition) is 3. The number of halogens is 2. The van der Waals surface area contributed by atoms with Gasteiger partial charge in [-0.1, -0.05) is 31.1 Å². The lowest BCUT2D eigenvalue weighted by molar-refractivity contribution is -0.150. The van der Waals surface area contributed by atoms with Gasteiger partial charge in [0.15, 0.2) is 11.6 Å². The highest BCUT2D eigenvalue weighted by Crippen LogP contribution is 2.65. The van der Waals surface area contributed by atoms with Crippen molar-refractivity contribution in [3.63, 3.8) is 0 Å². The number of hydrogen-bond donors (Lipinski definition) is 1. The Morgan fingerprint density at radius 1 is 1.15 bits per heavy atom. The molecule has 0 amide bonds. The molecule has 4 rings (SSSR count). The van der Waals surface area contributed by atoms with Gasteiger partial charge in [0.25, 0.3) is 0 Å². The molecule has 0 aromatic carbocycles. The lowest BCUT2D eigenvalue weighted by Gasteiger charge is -2.54. The van der Waals surface area contributed by atoms with E-state index in [0.717, 1.165) is 32.1 Å². The molecule has 0 unspecified atom stereocenters. The molecule has 4 aliphatic carbocycles. The molecule has 3 nitrogen and oxygen atoms in total. The van der Waals surface area contributed by atoms with Crippen molar-refractivity contribution in [2.24, 2.45) is 22.7 Å². The van der Waals surface area contributed by atoms with Crippen LogP contribution >= 0.6 is 24.8 Å². The van der Waals surface area contributed by atoms with Gasteiger partial charge in [-0.15, -0.1) is 24.8 Å². The summed E-state index contributed by atoms with van der Waals surface area (Å²) in [5.41, 5.74) is 1.32. The van der Waals surface area contributed by atoms with Crippen LogP contribution < -0.4 is 0 Å². The summed E-state index contributed by atoms with van der Waals surface area (Å²) in [5, 5.41) is 11.1. The average Bonchev–Trinajstić information content (AvgIpc) is 2.81. The molecule has 0 aliphatic heterocycles. The van der Waals surface area contributed by atoms with Crippen LogP contribution in [0.4, 0.5) is 0 Å². The minimum absolute atomic E-state index is 0. The molecule has 0 aromatic rings. The normalized spacial score (nSPS) is 43.6. The fourth-order valence-electron chi connectivity index (χ4n) is 6.45. The van der Waals surface area contributed by atoms with E-state index in [1.54, 1.807) is 6.92 Å². The molecule has 1 N–H and O–H groups in total. The molecule has 5 heteroatoms. The quantitative estimate of drug-likeness (QED) is 0.654. The fraction of sp³-hybridized carbons (Fsp3) is 0.714. The van der Waals surface area contributed by atoms with E-state index in [2.05, 4.69) is 19.9 Å². The molecule has 2 saturated carbocycles. The third-order valence-electron chi connectivity index (χ3n) is 8.07. The van der Waals surface area contributed by atoms with Gasteiger partial charge >= 0.3 is 0 Å². The van der Waals surface area contributed by atoms with E-state index in [0.29, 0.717) is 24.7 Å². The number of aliphatic hydroxyl groups is 1. The van der Waals surface area contributed by atoms with Crippen molar-refractivity contribution in [3.8, 4) is 0 Å². The molecule has 5 atom stereocenters. The second-order valence-corrected chi connectivity index (χ2v) is 8.96. The molecule has 4 aliphatic rings. The molecule has 2 fully saturated rings. The molecule has 0 aromatic heterocycles. The largest absolute Gasteiger partial charge is 0.381 e. The smallest absolute Gasteiger partial charge is 0.161 e. The lowest BCUT2D eigenvalue weighted by atomic mass is 9.50. The Kier molecular flexibility index (Phi) is 5.63. The Morgan fingerprint density at radius 3 is 2.50 bits per heavy atom. The zero-order chi connectivity index (χ0) is 17.3. The highest BCUT2D eigenvalue weighted by Gasteiger charge is 2.63. The number of Topliss-reactive ketones (excluding diaryl/α,β-unsaturated/α-hetero) is 1. The standard InChI is InChI=1S/C21H28O3.2ClH/c1-13(22)21(24)11-8-18-16-5-4-14-12-15(23)6-9-19(14,2)17(16)7-10-20(18,21)3;;/h7,12,16,18,24H,4-6,8-11H2,1-3H3;2*1H/t16-,18+,19+,20+,21+;;/m1../s1. The van der Waals surface area contributed by atoms with Gasteiger partial charge in [-0.2, -0.15) is 0 Å². The summed E-state index contributed by atoms with van der Waals surface area (Å²) in [7, 11) is 0. The minimum Gasteiger partial charge on any atom is -0.381 e. The van der Waals surface area contributed by atoms with E-state index in [1.165, 1.54) is 11.1 Å². The summed E-state index contributed by atoms with van der Waals surface area (Å²) in [5.74, 6) is 1.03. The first-order valence-corrected chi connectivity index (χ1v) is 9.40. The molecule has 0 heterocycles. The van der Waals surface area contributed by atoms with E-state index < -0.39 is 5.60 Å². The van der Waals surface area contributed by atoms with Gasteiger partial charge in [0.05, 0.1) is 0 Å². The first kappa shape index (κ1) is 21.7. The van der Waals surface area contributed by atoms with E-state index in [9.17, 15) is 14.7 Å². The Balaban J connectivity index is 0.00000121. The van der Waals surface area contributed by atoms with Gasteiger partial charge in [-0.05, 0) is 63.4 Å². The maximum Gasteiger partial charge on any atom is 0.161 e. The van der Waals surface area contributed by atoms with Gasteiger partial charge in [0, 0.05) is 17.3 Å². The van der Waals surface area contributed by atoms with Gasteiger partial charge < -0.3 is 5.11 Å². The van der Waals surface area contributed by atoms with Crippen LogP contribution in [-0.2, 0) is 9.59 Å². The Morgan fingerprint density at radius 2 is 1.85 bits per heavy atom. The van der Waals surface area contributed by atoms with Crippen LogP contribution in [0.2, 0.25) is 0 Å². The van der Waals surface area contributed by atoms with Crippen LogP contribution in [0.3, 0.4) is 0 Å². The Bertz CT molecular complexity index is 697. The van der Waals surface area contributed by atoms with Crippen LogP contribution in [0, 0.1) is 22.7 Å². The number of rotatable bonds is 1. The Hall–Kier alpha value is -0.640. The molecule has 0 radical (unpaired) electrons. The van der Waals surface area contributed by atoms with Gasteiger partial charge in [-0.25, -0.2) is 0 Å². The van der Waals surface area contributed by atoms with Crippen molar-refractivity contribution >= 4 is 36.4 Å². The second-order valence-electron chi connectivity index (χ2n) is 8.96. The summed E-state index contributed by atoms with van der Waals surface area (Å²) >= 11 is 0. The molecule has 146 valence electrons. The number of ketones is 2.